The first-order valence-electron chi connectivity index (χ1n) is 6.50. The minimum absolute atomic E-state index is 0.00352. The van der Waals surface area contributed by atoms with Crippen LogP contribution in [-0.2, 0) is 14.5 Å². The molecule has 10 nitrogen and oxygen atoms in total. The molecular formula is C13H11ClN4O6S. The highest BCUT2D eigenvalue weighted by molar-refractivity contribution is 7.85. The Hall–Kier alpha value is -2.92. The third-order valence-electron chi connectivity index (χ3n) is 2.52. The van der Waals surface area contributed by atoms with E-state index in [1.807, 2.05) is 5.32 Å². The molecule has 0 aliphatic carbocycles. The van der Waals surface area contributed by atoms with Gasteiger partial charge in [0.25, 0.3) is 0 Å². The second-order valence-electron chi connectivity index (χ2n) is 4.30. The Bertz CT molecular complexity index is 891. The van der Waals surface area contributed by atoms with Crippen molar-refractivity contribution in [1.82, 2.24) is 14.7 Å². The van der Waals surface area contributed by atoms with Gasteiger partial charge in [-0.2, -0.15) is 13.4 Å². The molecule has 1 aromatic carbocycles. The lowest BCUT2D eigenvalue weighted by Crippen LogP contribution is -2.37. The van der Waals surface area contributed by atoms with Crippen LogP contribution < -0.4 is 14.8 Å². The molecular weight excluding hydrogens is 376 g/mol. The normalized spacial score (nSPS) is 10.6. The number of benzene rings is 1. The summed E-state index contributed by atoms with van der Waals surface area (Å²) in [6.07, 6.45) is 0. The second kappa shape index (κ2) is 7.77. The minimum Gasteiger partial charge on any atom is -0.481 e. The van der Waals surface area contributed by atoms with E-state index in [4.69, 9.17) is 16.3 Å². The summed E-state index contributed by atoms with van der Waals surface area (Å²) in [5.74, 6) is -1.42. The fraction of sp³-hybridized carbons (Fsp3) is 0.0769. The molecule has 2 aromatic rings. The first-order chi connectivity index (χ1) is 11.8. The number of nitrogens with one attached hydrogen (secondary N) is 2. The van der Waals surface area contributed by atoms with Gasteiger partial charge in [-0.1, -0.05) is 29.8 Å². The van der Waals surface area contributed by atoms with E-state index in [-0.39, 0.29) is 22.5 Å². The lowest BCUT2D eigenvalue weighted by molar-refractivity contribution is 0.0745. The predicted octanol–water partition coefficient (Wildman–Crippen LogP) is 1.36. The van der Waals surface area contributed by atoms with Gasteiger partial charge >= 0.3 is 22.3 Å². The van der Waals surface area contributed by atoms with Gasteiger partial charge in [0.1, 0.15) is 5.15 Å². The number of amides is 2. The number of aromatic nitrogens is 2. The minimum atomic E-state index is -4.71. The number of urea groups is 1. The summed E-state index contributed by atoms with van der Waals surface area (Å²) in [7, 11) is -3.39. The average molecular weight is 387 g/mol. The molecule has 0 radical (unpaired) electrons. The standard InChI is InChI=1S/C13H11ClN4O6S/c1-23-10-7-9(14)15-12(16-10)17-13(20)18-25(21,22)24-11(19)8-5-3-2-4-6-8/h2-7H,1H3,(H2,15,16,17,18,20). The Morgan fingerprint density at radius 2 is 1.84 bits per heavy atom. The van der Waals surface area contributed by atoms with Crippen LogP contribution in [0.4, 0.5) is 10.7 Å². The van der Waals surface area contributed by atoms with E-state index in [1.165, 1.54) is 42.2 Å². The van der Waals surface area contributed by atoms with Crippen molar-refractivity contribution in [2.45, 2.75) is 0 Å². The average Bonchev–Trinajstić information content (AvgIpc) is 2.53. The fourth-order valence-electron chi connectivity index (χ4n) is 1.54. The number of methoxy groups -OCH3 is 1. The van der Waals surface area contributed by atoms with Crippen molar-refractivity contribution >= 4 is 39.9 Å². The number of hydrogen-bond acceptors (Lipinski definition) is 8. The number of carbonyl (C=O) groups excluding carboxylic acids is 2. The summed E-state index contributed by atoms with van der Waals surface area (Å²) in [4.78, 5) is 30.8. The van der Waals surface area contributed by atoms with Crippen LogP contribution in [0.25, 0.3) is 0 Å². The second-order valence-corrected chi connectivity index (χ2v) is 5.97. The quantitative estimate of drug-likeness (QED) is 0.735. The van der Waals surface area contributed by atoms with Gasteiger partial charge in [0.05, 0.1) is 12.7 Å². The molecule has 0 aliphatic rings. The van der Waals surface area contributed by atoms with E-state index in [1.54, 1.807) is 6.07 Å². The van der Waals surface area contributed by atoms with Gasteiger partial charge in [0.2, 0.25) is 11.8 Å². The maximum Gasteiger partial charge on any atom is 0.413 e. The van der Waals surface area contributed by atoms with Crippen LogP contribution in [0.15, 0.2) is 36.4 Å². The van der Waals surface area contributed by atoms with E-state index in [0.29, 0.717) is 0 Å². The van der Waals surface area contributed by atoms with Gasteiger partial charge in [-0.25, -0.2) is 19.3 Å². The number of nitrogens with zero attached hydrogens (tertiary/aromatic N) is 2. The highest BCUT2D eigenvalue weighted by Gasteiger charge is 2.22. The van der Waals surface area contributed by atoms with Gasteiger partial charge in [-0.05, 0) is 12.1 Å². The third-order valence-corrected chi connectivity index (χ3v) is 3.52. The number of halogens is 1. The Balaban J connectivity index is 2.01. The Morgan fingerprint density at radius 1 is 1.16 bits per heavy atom. The molecule has 25 heavy (non-hydrogen) atoms. The maximum atomic E-state index is 11.7. The van der Waals surface area contributed by atoms with Crippen LogP contribution in [0.5, 0.6) is 5.88 Å². The first-order valence-corrected chi connectivity index (χ1v) is 8.29. The van der Waals surface area contributed by atoms with Crippen LogP contribution in [0.3, 0.4) is 0 Å². The van der Waals surface area contributed by atoms with Gasteiger partial charge in [0, 0.05) is 6.07 Å². The molecule has 2 N–H and O–H groups in total. The van der Waals surface area contributed by atoms with Crippen molar-refractivity contribution in [3.05, 3.63) is 47.1 Å². The van der Waals surface area contributed by atoms with Crippen LogP contribution >= 0.6 is 11.6 Å². The molecule has 0 fully saturated rings. The Kier molecular flexibility index (Phi) is 5.72. The number of anilines is 1. The zero-order chi connectivity index (χ0) is 18.4. The molecule has 132 valence electrons. The fourth-order valence-corrected chi connectivity index (χ4v) is 2.33. The molecule has 0 bridgehead atoms. The summed E-state index contributed by atoms with van der Waals surface area (Å²) < 4.78 is 34.0. The molecule has 1 aromatic heterocycles. The number of hydrogen-bond donors (Lipinski definition) is 2. The van der Waals surface area contributed by atoms with E-state index in [0.717, 1.165) is 0 Å². The lowest BCUT2D eigenvalue weighted by Gasteiger charge is -2.08. The smallest absolute Gasteiger partial charge is 0.413 e. The molecule has 1 heterocycles. The van der Waals surface area contributed by atoms with Crippen LogP contribution in [-0.4, -0.2) is 37.5 Å². The largest absolute Gasteiger partial charge is 0.481 e. The van der Waals surface area contributed by atoms with Gasteiger partial charge in [-0.15, -0.1) is 0 Å². The summed E-state index contributed by atoms with van der Waals surface area (Å²) >= 11 is 5.69. The summed E-state index contributed by atoms with van der Waals surface area (Å²) in [6.45, 7) is 0. The molecule has 0 saturated carbocycles. The molecule has 2 amide bonds. The zero-order valence-electron chi connectivity index (χ0n) is 12.6. The van der Waals surface area contributed by atoms with Crippen molar-refractivity contribution in [1.29, 1.82) is 0 Å². The maximum absolute atomic E-state index is 11.7. The number of ether oxygens (including phenoxy) is 1. The number of carbonyl (C=O) groups is 2. The molecule has 12 heteroatoms. The molecule has 0 atom stereocenters. The summed E-state index contributed by atoms with van der Waals surface area (Å²) in [5.41, 5.74) is -0.00352. The van der Waals surface area contributed by atoms with Crippen LogP contribution in [0.1, 0.15) is 10.4 Å². The lowest BCUT2D eigenvalue weighted by atomic mass is 10.2. The Labute approximate surface area is 147 Å². The molecule has 0 aliphatic heterocycles. The van der Waals surface area contributed by atoms with Crippen molar-refractivity contribution in [3.8, 4) is 5.88 Å². The van der Waals surface area contributed by atoms with Crippen LogP contribution in [0.2, 0.25) is 5.15 Å². The van der Waals surface area contributed by atoms with Gasteiger partial charge < -0.3 is 8.92 Å². The Morgan fingerprint density at radius 3 is 2.48 bits per heavy atom. The summed E-state index contributed by atoms with van der Waals surface area (Å²) in [5, 5.41) is 1.98. The van der Waals surface area contributed by atoms with Crippen molar-refractivity contribution in [3.63, 3.8) is 0 Å². The molecule has 2 rings (SSSR count). The highest BCUT2D eigenvalue weighted by atomic mass is 35.5. The van der Waals surface area contributed by atoms with Crippen LogP contribution in [0, 0.1) is 0 Å². The SMILES string of the molecule is COc1cc(Cl)nc(NC(=O)NS(=O)(=O)OC(=O)c2ccccc2)n1. The molecule has 0 unspecified atom stereocenters. The molecule has 0 spiro atoms. The van der Waals surface area contributed by atoms with Gasteiger partial charge in [-0.3, -0.25) is 5.32 Å². The monoisotopic (exact) mass is 386 g/mol. The highest BCUT2D eigenvalue weighted by Crippen LogP contribution is 2.15. The molecule has 0 saturated heterocycles. The van der Waals surface area contributed by atoms with Gasteiger partial charge in [0.15, 0.2) is 0 Å². The van der Waals surface area contributed by atoms with Crippen molar-refractivity contribution in [2.24, 2.45) is 0 Å². The van der Waals surface area contributed by atoms with E-state index < -0.39 is 22.3 Å². The van der Waals surface area contributed by atoms with Crippen molar-refractivity contribution in [2.75, 3.05) is 12.4 Å². The summed E-state index contributed by atoms with van der Waals surface area (Å²) in [6, 6.07) is 7.40. The zero-order valence-corrected chi connectivity index (χ0v) is 14.2. The predicted molar refractivity (Wildman–Crippen MR) is 86.5 cm³/mol. The number of rotatable bonds is 5. The third kappa shape index (κ3) is 5.58. The van der Waals surface area contributed by atoms with E-state index in [9.17, 15) is 18.0 Å². The first kappa shape index (κ1) is 18.4. The van der Waals surface area contributed by atoms with E-state index in [2.05, 4.69) is 14.2 Å². The van der Waals surface area contributed by atoms with Crippen molar-refractivity contribution < 1.29 is 26.9 Å². The van der Waals surface area contributed by atoms with E-state index >= 15 is 0 Å². The topological polar surface area (TPSA) is 137 Å².